The van der Waals surface area contributed by atoms with Gasteiger partial charge in [0.15, 0.2) is 6.10 Å². The fraction of sp³-hybridized carbons (Fsp3) is 0.148. The average molecular weight is 491 g/mol. The maximum Gasteiger partial charge on any atom is 0.344 e. The minimum absolute atomic E-state index is 0.333. The number of halogens is 1. The van der Waals surface area contributed by atoms with Crippen molar-refractivity contribution in [2.45, 2.75) is 20.0 Å². The summed E-state index contributed by atoms with van der Waals surface area (Å²) in [5.41, 5.74) is 3.62. The zero-order valence-electron chi connectivity index (χ0n) is 17.8. The number of aliphatic carboxylic acids is 1. The van der Waals surface area contributed by atoms with Crippen molar-refractivity contribution in [3.05, 3.63) is 100 Å². The van der Waals surface area contributed by atoms with Crippen molar-refractivity contribution in [2.24, 2.45) is 0 Å². The van der Waals surface area contributed by atoms with Gasteiger partial charge in [-0.2, -0.15) is 0 Å². The summed E-state index contributed by atoms with van der Waals surface area (Å²) in [6.07, 6.45) is 1.03. The first-order chi connectivity index (χ1) is 15.4. The number of carbonyl (C=O) groups is 1. The van der Waals surface area contributed by atoms with Gasteiger partial charge in [-0.05, 0) is 73.5 Å². The number of benzene rings is 3. The normalized spacial score (nSPS) is 11.8. The predicted octanol–water partition coefficient (Wildman–Crippen LogP) is 6.12. The van der Waals surface area contributed by atoms with Crippen molar-refractivity contribution in [1.29, 1.82) is 0 Å². The summed E-state index contributed by atoms with van der Waals surface area (Å²) < 4.78 is 12.4. The smallest absolute Gasteiger partial charge is 0.344 e. The van der Waals surface area contributed by atoms with Crippen LogP contribution in [0.4, 0.5) is 0 Å². The molecular formula is C27H23BrO4. The van der Waals surface area contributed by atoms with Crippen LogP contribution >= 0.6 is 15.9 Å². The zero-order valence-corrected chi connectivity index (χ0v) is 19.4. The van der Waals surface area contributed by atoms with Crippen molar-refractivity contribution in [1.82, 2.24) is 0 Å². The summed E-state index contributed by atoms with van der Waals surface area (Å²) in [4.78, 5) is 11.0. The van der Waals surface area contributed by atoms with Crippen LogP contribution < -0.4 is 9.47 Å². The summed E-state index contributed by atoms with van der Waals surface area (Å²) in [5.74, 6) is 6.63. The second-order valence-electron chi connectivity index (χ2n) is 7.08. The number of hydrogen-bond acceptors (Lipinski definition) is 3. The second kappa shape index (κ2) is 11.2. The van der Waals surface area contributed by atoms with E-state index in [1.807, 2.05) is 73.7 Å². The third kappa shape index (κ3) is 6.76. The highest BCUT2D eigenvalue weighted by molar-refractivity contribution is 9.10. The Morgan fingerprint density at radius 1 is 1.09 bits per heavy atom. The number of carboxylic acid groups (broad SMARTS) is 1. The largest absolute Gasteiger partial charge is 0.489 e. The minimum Gasteiger partial charge on any atom is -0.489 e. The quantitative estimate of drug-likeness (QED) is 0.405. The lowest BCUT2D eigenvalue weighted by Crippen LogP contribution is -2.23. The number of hydrogen-bond donors (Lipinski definition) is 1. The summed E-state index contributed by atoms with van der Waals surface area (Å²) in [5, 5.41) is 9.01. The van der Waals surface area contributed by atoms with Crippen LogP contribution in [0.1, 0.15) is 23.6 Å². The van der Waals surface area contributed by atoms with Gasteiger partial charge < -0.3 is 14.6 Å². The molecule has 3 aromatic carbocycles. The highest BCUT2D eigenvalue weighted by Gasteiger charge is 2.14. The first-order valence-electron chi connectivity index (χ1n) is 10.1. The van der Waals surface area contributed by atoms with E-state index in [0.29, 0.717) is 18.1 Å². The van der Waals surface area contributed by atoms with Crippen LogP contribution in [-0.4, -0.2) is 23.8 Å². The van der Waals surface area contributed by atoms with E-state index in [4.69, 9.17) is 14.6 Å². The highest BCUT2D eigenvalue weighted by Crippen LogP contribution is 2.25. The van der Waals surface area contributed by atoms with Crippen molar-refractivity contribution < 1.29 is 19.4 Å². The molecule has 0 heterocycles. The van der Waals surface area contributed by atoms with Crippen LogP contribution in [0, 0.1) is 18.8 Å². The number of allylic oxidation sites excluding steroid dienone is 1. The van der Waals surface area contributed by atoms with E-state index < -0.39 is 12.1 Å². The van der Waals surface area contributed by atoms with Gasteiger partial charge in [0.1, 0.15) is 18.1 Å². The standard InChI is InChI=1S/C27H23BrO4/c1-19-18-25(14-15-26(19)32-20(2)27(29)30)31-17-16-23(22-10-12-24(28)13-11-22)9-8-21-6-4-3-5-7-21/h3-7,10-16,18,20H,17H2,1-2H3,(H,29,30)/b23-16+. The number of aryl methyl sites for hydroxylation is 1. The van der Waals surface area contributed by atoms with Crippen molar-refractivity contribution in [2.75, 3.05) is 6.61 Å². The van der Waals surface area contributed by atoms with Crippen LogP contribution in [-0.2, 0) is 4.79 Å². The lowest BCUT2D eigenvalue weighted by atomic mass is 10.1. The molecule has 3 rings (SSSR count). The average Bonchev–Trinajstić information content (AvgIpc) is 2.79. The molecule has 3 aromatic rings. The molecule has 0 aromatic heterocycles. The Labute approximate surface area is 196 Å². The molecule has 0 aliphatic heterocycles. The summed E-state index contributed by atoms with van der Waals surface area (Å²) in [7, 11) is 0. The van der Waals surface area contributed by atoms with Crippen LogP contribution in [0.15, 0.2) is 83.3 Å². The van der Waals surface area contributed by atoms with Gasteiger partial charge in [-0.25, -0.2) is 4.79 Å². The van der Waals surface area contributed by atoms with Gasteiger partial charge in [-0.1, -0.05) is 58.1 Å². The SMILES string of the molecule is Cc1cc(OC/C=C(\C#Cc2ccccc2)c2ccc(Br)cc2)ccc1OC(C)C(=O)O. The van der Waals surface area contributed by atoms with Gasteiger partial charge in [-0.15, -0.1) is 0 Å². The Bertz CT molecular complexity index is 1160. The number of carboxylic acids is 1. The molecule has 0 bridgehead atoms. The molecule has 0 aliphatic rings. The van der Waals surface area contributed by atoms with Gasteiger partial charge in [0, 0.05) is 15.6 Å². The highest BCUT2D eigenvalue weighted by atomic mass is 79.9. The lowest BCUT2D eigenvalue weighted by Gasteiger charge is -2.14. The third-order valence-corrected chi connectivity index (χ3v) is 5.13. The molecule has 162 valence electrons. The van der Waals surface area contributed by atoms with Gasteiger partial charge in [-0.3, -0.25) is 0 Å². The van der Waals surface area contributed by atoms with Crippen LogP contribution in [0.5, 0.6) is 11.5 Å². The van der Waals surface area contributed by atoms with E-state index in [9.17, 15) is 4.79 Å². The van der Waals surface area contributed by atoms with E-state index in [-0.39, 0.29) is 0 Å². The molecule has 1 N–H and O–H groups in total. The molecule has 0 radical (unpaired) electrons. The second-order valence-corrected chi connectivity index (χ2v) is 7.99. The predicted molar refractivity (Wildman–Crippen MR) is 130 cm³/mol. The summed E-state index contributed by atoms with van der Waals surface area (Å²) in [6.45, 7) is 3.68. The Morgan fingerprint density at radius 3 is 2.47 bits per heavy atom. The molecule has 5 heteroatoms. The first kappa shape index (κ1) is 23.2. The van der Waals surface area contributed by atoms with Gasteiger partial charge >= 0.3 is 5.97 Å². The fourth-order valence-electron chi connectivity index (χ4n) is 2.84. The van der Waals surface area contributed by atoms with Gasteiger partial charge in [0.2, 0.25) is 0 Å². The molecular weight excluding hydrogens is 468 g/mol. The topological polar surface area (TPSA) is 55.8 Å². The Morgan fingerprint density at radius 2 is 1.81 bits per heavy atom. The molecule has 0 amide bonds. The van der Waals surface area contributed by atoms with Crippen LogP contribution in [0.2, 0.25) is 0 Å². The minimum atomic E-state index is -1.01. The fourth-order valence-corrected chi connectivity index (χ4v) is 3.10. The molecule has 0 fully saturated rings. The molecule has 32 heavy (non-hydrogen) atoms. The zero-order chi connectivity index (χ0) is 22.9. The Hall–Kier alpha value is -3.49. The third-order valence-electron chi connectivity index (χ3n) is 4.61. The van der Waals surface area contributed by atoms with E-state index in [0.717, 1.165) is 26.7 Å². The van der Waals surface area contributed by atoms with E-state index in [2.05, 4.69) is 27.8 Å². The van der Waals surface area contributed by atoms with Crippen molar-refractivity contribution in [3.63, 3.8) is 0 Å². The molecule has 0 aliphatic carbocycles. The maximum atomic E-state index is 11.0. The van der Waals surface area contributed by atoms with Crippen LogP contribution in [0.3, 0.4) is 0 Å². The lowest BCUT2D eigenvalue weighted by molar-refractivity contribution is -0.144. The Kier molecular flexibility index (Phi) is 8.13. The van der Waals surface area contributed by atoms with E-state index in [1.54, 1.807) is 12.1 Å². The van der Waals surface area contributed by atoms with Crippen molar-refractivity contribution in [3.8, 4) is 23.3 Å². The molecule has 0 saturated carbocycles. The number of ether oxygens (including phenoxy) is 2. The summed E-state index contributed by atoms with van der Waals surface area (Å²) in [6, 6.07) is 23.1. The summed E-state index contributed by atoms with van der Waals surface area (Å²) >= 11 is 3.47. The number of rotatable bonds is 7. The first-order valence-corrected chi connectivity index (χ1v) is 10.9. The van der Waals surface area contributed by atoms with E-state index >= 15 is 0 Å². The molecule has 1 unspecified atom stereocenters. The maximum absolute atomic E-state index is 11.0. The van der Waals surface area contributed by atoms with Crippen LogP contribution in [0.25, 0.3) is 5.57 Å². The van der Waals surface area contributed by atoms with E-state index in [1.165, 1.54) is 6.92 Å². The Balaban J connectivity index is 1.75. The van der Waals surface area contributed by atoms with Crippen molar-refractivity contribution >= 4 is 27.5 Å². The molecule has 4 nitrogen and oxygen atoms in total. The van der Waals surface area contributed by atoms with Gasteiger partial charge in [0.05, 0.1) is 0 Å². The monoisotopic (exact) mass is 490 g/mol. The van der Waals surface area contributed by atoms with Gasteiger partial charge in [0.25, 0.3) is 0 Å². The molecule has 0 saturated heterocycles. The molecule has 0 spiro atoms. The molecule has 1 atom stereocenters.